The fourth-order valence-electron chi connectivity index (χ4n) is 3.10. The van der Waals surface area contributed by atoms with E-state index in [0.717, 1.165) is 11.3 Å². The van der Waals surface area contributed by atoms with Gasteiger partial charge in [0.1, 0.15) is 5.54 Å². The van der Waals surface area contributed by atoms with Gasteiger partial charge in [-0.2, -0.15) is 5.26 Å². The number of nitriles is 1. The standard InChI is InChI=1S/C19H20ClN3O2/c20-17-4-2-1-3-15(17)13-18(24)22-16-5-9-23(10-6-16)19(14-21)7-11-25-12-8-19/h1-6,9H,7-8,10-13H2,(H,22,24). The van der Waals surface area contributed by atoms with Crippen LogP contribution in [0.15, 0.2) is 48.3 Å². The molecule has 1 aromatic rings. The summed E-state index contributed by atoms with van der Waals surface area (Å²) in [5, 5.41) is 13.1. The lowest BCUT2D eigenvalue weighted by molar-refractivity contribution is -0.119. The third-order valence-electron chi connectivity index (χ3n) is 4.61. The van der Waals surface area contributed by atoms with Crippen molar-refractivity contribution in [1.29, 1.82) is 5.26 Å². The maximum atomic E-state index is 12.2. The van der Waals surface area contributed by atoms with Crippen molar-refractivity contribution in [3.05, 3.63) is 58.9 Å². The highest BCUT2D eigenvalue weighted by molar-refractivity contribution is 6.31. The second-order valence-corrected chi connectivity index (χ2v) is 6.61. The molecule has 2 aliphatic rings. The SMILES string of the molecule is N#CC1(N2C=CC(NC(=O)Cc3ccccc3Cl)=CC2)CCOCC1. The molecule has 1 fully saturated rings. The van der Waals surface area contributed by atoms with E-state index in [1.54, 1.807) is 6.07 Å². The first-order valence-corrected chi connectivity index (χ1v) is 8.68. The van der Waals surface area contributed by atoms with E-state index in [9.17, 15) is 10.1 Å². The Balaban J connectivity index is 1.58. The normalized spacial score (nSPS) is 19.0. The van der Waals surface area contributed by atoms with E-state index in [2.05, 4.69) is 11.4 Å². The van der Waals surface area contributed by atoms with E-state index in [1.165, 1.54) is 0 Å². The molecule has 0 unspecified atom stereocenters. The zero-order valence-electron chi connectivity index (χ0n) is 13.9. The molecule has 130 valence electrons. The van der Waals surface area contributed by atoms with Crippen molar-refractivity contribution in [2.24, 2.45) is 0 Å². The summed E-state index contributed by atoms with van der Waals surface area (Å²) >= 11 is 6.09. The van der Waals surface area contributed by atoms with Gasteiger partial charge in [-0.1, -0.05) is 29.8 Å². The van der Waals surface area contributed by atoms with Gasteiger partial charge < -0.3 is 15.0 Å². The summed E-state index contributed by atoms with van der Waals surface area (Å²) in [5.74, 6) is -0.112. The van der Waals surface area contributed by atoms with Crippen LogP contribution in [-0.2, 0) is 16.0 Å². The average Bonchev–Trinajstić information content (AvgIpc) is 2.65. The first-order chi connectivity index (χ1) is 12.1. The minimum absolute atomic E-state index is 0.112. The second-order valence-electron chi connectivity index (χ2n) is 6.20. The molecule has 0 saturated carbocycles. The Morgan fingerprint density at radius 3 is 2.76 bits per heavy atom. The van der Waals surface area contributed by atoms with E-state index in [1.807, 2.05) is 41.5 Å². The van der Waals surface area contributed by atoms with Crippen molar-refractivity contribution >= 4 is 17.5 Å². The first kappa shape index (κ1) is 17.5. The number of nitrogens with zero attached hydrogens (tertiary/aromatic N) is 2. The molecule has 0 spiro atoms. The van der Waals surface area contributed by atoms with Crippen molar-refractivity contribution < 1.29 is 9.53 Å². The number of hydrogen-bond donors (Lipinski definition) is 1. The van der Waals surface area contributed by atoms with Crippen molar-refractivity contribution in [3.8, 4) is 6.07 Å². The van der Waals surface area contributed by atoms with Gasteiger partial charge in [0.05, 0.1) is 12.5 Å². The Hall–Kier alpha value is -2.29. The molecule has 1 saturated heterocycles. The number of carbonyl (C=O) groups excluding carboxylic acids is 1. The maximum Gasteiger partial charge on any atom is 0.228 e. The van der Waals surface area contributed by atoms with Crippen LogP contribution in [0.5, 0.6) is 0 Å². The summed E-state index contributed by atoms with van der Waals surface area (Å²) in [7, 11) is 0. The van der Waals surface area contributed by atoms with Crippen LogP contribution in [0, 0.1) is 11.3 Å². The average molecular weight is 358 g/mol. The van der Waals surface area contributed by atoms with E-state index < -0.39 is 5.54 Å². The molecule has 0 atom stereocenters. The number of amides is 1. The number of allylic oxidation sites excluding steroid dienone is 1. The summed E-state index contributed by atoms with van der Waals surface area (Å²) in [6.45, 7) is 1.79. The zero-order valence-corrected chi connectivity index (χ0v) is 14.6. The van der Waals surface area contributed by atoms with Crippen LogP contribution in [0.3, 0.4) is 0 Å². The van der Waals surface area contributed by atoms with Gasteiger partial charge in [0.25, 0.3) is 0 Å². The minimum Gasteiger partial charge on any atom is -0.381 e. The molecule has 2 heterocycles. The number of nitrogens with one attached hydrogen (secondary N) is 1. The summed E-state index contributed by atoms with van der Waals surface area (Å²) in [6, 6.07) is 9.77. The van der Waals surface area contributed by atoms with Gasteiger partial charge >= 0.3 is 0 Å². The van der Waals surface area contributed by atoms with Crippen LogP contribution in [0.2, 0.25) is 5.02 Å². The number of benzene rings is 1. The Morgan fingerprint density at radius 2 is 2.12 bits per heavy atom. The molecule has 5 nitrogen and oxygen atoms in total. The predicted octanol–water partition coefficient (Wildman–Crippen LogP) is 2.78. The predicted molar refractivity (Wildman–Crippen MR) is 95.6 cm³/mol. The molecule has 0 bridgehead atoms. The first-order valence-electron chi connectivity index (χ1n) is 8.30. The molecule has 2 aliphatic heterocycles. The highest BCUT2D eigenvalue weighted by atomic mass is 35.5. The largest absolute Gasteiger partial charge is 0.381 e. The van der Waals surface area contributed by atoms with Crippen LogP contribution < -0.4 is 5.32 Å². The molecule has 1 aromatic carbocycles. The van der Waals surface area contributed by atoms with Crippen LogP contribution >= 0.6 is 11.6 Å². The van der Waals surface area contributed by atoms with Crippen molar-refractivity contribution in [2.45, 2.75) is 24.8 Å². The van der Waals surface area contributed by atoms with Gasteiger partial charge in [-0.15, -0.1) is 0 Å². The van der Waals surface area contributed by atoms with Gasteiger partial charge in [0.15, 0.2) is 0 Å². The molecule has 25 heavy (non-hydrogen) atoms. The maximum absolute atomic E-state index is 12.2. The molecule has 3 rings (SSSR count). The molecule has 0 aromatic heterocycles. The molecule has 6 heteroatoms. The van der Waals surface area contributed by atoms with Gasteiger partial charge in [-0.25, -0.2) is 0 Å². The lowest BCUT2D eigenvalue weighted by Crippen LogP contribution is -2.49. The van der Waals surface area contributed by atoms with E-state index in [0.29, 0.717) is 37.6 Å². The summed E-state index contributed by atoms with van der Waals surface area (Å²) < 4.78 is 5.37. The monoisotopic (exact) mass is 357 g/mol. The lowest BCUT2D eigenvalue weighted by atomic mass is 9.89. The van der Waals surface area contributed by atoms with E-state index in [-0.39, 0.29) is 12.3 Å². The number of rotatable bonds is 4. The fourth-order valence-corrected chi connectivity index (χ4v) is 3.30. The Morgan fingerprint density at radius 1 is 1.36 bits per heavy atom. The molecule has 1 N–H and O–H groups in total. The van der Waals surface area contributed by atoms with Gasteiger partial charge in [-0.3, -0.25) is 4.79 Å². The number of hydrogen-bond acceptors (Lipinski definition) is 4. The zero-order chi connectivity index (χ0) is 17.7. The van der Waals surface area contributed by atoms with Crippen molar-refractivity contribution in [2.75, 3.05) is 19.8 Å². The Bertz CT molecular complexity index is 745. The van der Waals surface area contributed by atoms with Crippen LogP contribution in [-0.4, -0.2) is 36.1 Å². The third-order valence-corrected chi connectivity index (χ3v) is 4.98. The van der Waals surface area contributed by atoms with Crippen molar-refractivity contribution in [1.82, 2.24) is 10.2 Å². The van der Waals surface area contributed by atoms with Crippen LogP contribution in [0.25, 0.3) is 0 Å². The lowest BCUT2D eigenvalue weighted by Gasteiger charge is -2.41. The van der Waals surface area contributed by atoms with Gasteiger partial charge in [0, 0.05) is 49.5 Å². The Labute approximate surface area is 152 Å². The van der Waals surface area contributed by atoms with Crippen LogP contribution in [0.4, 0.5) is 0 Å². The van der Waals surface area contributed by atoms with Crippen LogP contribution in [0.1, 0.15) is 18.4 Å². The smallest absolute Gasteiger partial charge is 0.228 e. The molecule has 1 amide bonds. The Kier molecular flexibility index (Phi) is 5.42. The highest BCUT2D eigenvalue weighted by Gasteiger charge is 2.37. The van der Waals surface area contributed by atoms with Crippen molar-refractivity contribution in [3.63, 3.8) is 0 Å². The summed E-state index contributed by atoms with van der Waals surface area (Å²) in [5.41, 5.74) is 1.03. The number of halogens is 1. The minimum atomic E-state index is -0.516. The molecule has 0 aliphatic carbocycles. The molecular formula is C19H20ClN3O2. The van der Waals surface area contributed by atoms with Gasteiger partial charge in [-0.05, 0) is 23.8 Å². The van der Waals surface area contributed by atoms with E-state index >= 15 is 0 Å². The fraction of sp³-hybridized carbons (Fsp3) is 0.368. The number of carbonyl (C=O) groups is 1. The highest BCUT2D eigenvalue weighted by Crippen LogP contribution is 2.29. The third kappa shape index (κ3) is 4.04. The second kappa shape index (κ2) is 7.73. The summed E-state index contributed by atoms with van der Waals surface area (Å²) in [4.78, 5) is 14.2. The summed E-state index contributed by atoms with van der Waals surface area (Å²) in [6.07, 6.45) is 7.26. The number of ether oxygens (including phenoxy) is 1. The topological polar surface area (TPSA) is 65.4 Å². The quantitative estimate of drug-likeness (QED) is 0.899. The van der Waals surface area contributed by atoms with E-state index in [4.69, 9.17) is 16.3 Å². The van der Waals surface area contributed by atoms with Gasteiger partial charge in [0.2, 0.25) is 5.91 Å². The molecular weight excluding hydrogens is 338 g/mol. The molecule has 0 radical (unpaired) electrons.